The Hall–Kier alpha value is -1.88. The van der Waals surface area contributed by atoms with E-state index in [9.17, 15) is 9.59 Å². The molecule has 2 fully saturated rings. The van der Waals surface area contributed by atoms with Crippen LogP contribution in [0.25, 0.3) is 0 Å². The zero-order chi connectivity index (χ0) is 16.2. The molecule has 2 aliphatic heterocycles. The van der Waals surface area contributed by atoms with E-state index < -0.39 is 0 Å². The summed E-state index contributed by atoms with van der Waals surface area (Å²) in [5.74, 6) is 0.230. The fraction of sp³-hybridized carbons (Fsp3) is 0.556. The predicted molar refractivity (Wildman–Crippen MR) is 87.0 cm³/mol. The Labute approximate surface area is 137 Å². The van der Waals surface area contributed by atoms with Crippen LogP contribution in [0.2, 0.25) is 0 Å². The minimum atomic E-state index is -0.260. The van der Waals surface area contributed by atoms with Gasteiger partial charge in [-0.3, -0.25) is 9.59 Å². The summed E-state index contributed by atoms with van der Waals surface area (Å²) in [7, 11) is 0. The third-order valence-electron chi connectivity index (χ3n) is 4.59. The standard InChI is InChI=1S/C18H24N2O3/c1-14-4-2-5-15(12-14)13-17(21)19-7-9-20(10-8-19)18(22)16-6-3-11-23-16/h2,4-5,12,16H,3,6-11,13H2,1H3/t16-/m1/s1. The number of rotatable bonds is 3. The molecule has 0 aliphatic carbocycles. The van der Waals surface area contributed by atoms with Gasteiger partial charge in [-0.15, -0.1) is 0 Å². The zero-order valence-electron chi connectivity index (χ0n) is 13.7. The first-order chi connectivity index (χ1) is 11.1. The number of benzene rings is 1. The number of carbonyl (C=O) groups is 2. The highest BCUT2D eigenvalue weighted by molar-refractivity contribution is 5.82. The van der Waals surface area contributed by atoms with Gasteiger partial charge in [0.05, 0.1) is 6.42 Å². The van der Waals surface area contributed by atoms with E-state index in [2.05, 4.69) is 6.07 Å². The van der Waals surface area contributed by atoms with Gasteiger partial charge in [-0.05, 0) is 25.3 Å². The van der Waals surface area contributed by atoms with Crippen molar-refractivity contribution in [2.45, 2.75) is 32.3 Å². The van der Waals surface area contributed by atoms with Gasteiger partial charge in [-0.2, -0.15) is 0 Å². The number of nitrogens with zero attached hydrogens (tertiary/aromatic N) is 2. The number of hydrogen-bond donors (Lipinski definition) is 0. The van der Waals surface area contributed by atoms with Crippen LogP contribution in [-0.4, -0.2) is 60.5 Å². The largest absolute Gasteiger partial charge is 0.368 e. The maximum Gasteiger partial charge on any atom is 0.251 e. The molecule has 3 rings (SSSR count). The van der Waals surface area contributed by atoms with Crippen molar-refractivity contribution in [1.29, 1.82) is 0 Å². The molecular formula is C18H24N2O3. The molecule has 23 heavy (non-hydrogen) atoms. The third-order valence-corrected chi connectivity index (χ3v) is 4.59. The number of ether oxygens (including phenoxy) is 1. The van der Waals surface area contributed by atoms with Crippen LogP contribution >= 0.6 is 0 Å². The first-order valence-corrected chi connectivity index (χ1v) is 8.37. The van der Waals surface area contributed by atoms with Crippen LogP contribution in [-0.2, 0) is 20.7 Å². The van der Waals surface area contributed by atoms with E-state index in [1.807, 2.05) is 34.9 Å². The summed E-state index contributed by atoms with van der Waals surface area (Å²) < 4.78 is 5.46. The van der Waals surface area contributed by atoms with Crippen molar-refractivity contribution in [1.82, 2.24) is 9.80 Å². The maximum absolute atomic E-state index is 12.4. The van der Waals surface area contributed by atoms with E-state index in [1.54, 1.807) is 0 Å². The number of amides is 2. The highest BCUT2D eigenvalue weighted by Crippen LogP contribution is 2.16. The lowest BCUT2D eigenvalue weighted by Gasteiger charge is -2.35. The van der Waals surface area contributed by atoms with Crippen LogP contribution in [0.15, 0.2) is 24.3 Å². The topological polar surface area (TPSA) is 49.9 Å². The lowest BCUT2D eigenvalue weighted by Crippen LogP contribution is -2.53. The van der Waals surface area contributed by atoms with Gasteiger partial charge in [0.15, 0.2) is 0 Å². The SMILES string of the molecule is Cc1cccc(CC(=O)N2CCN(C(=O)[C@H]3CCCO3)CC2)c1. The Morgan fingerprint density at radius 1 is 1.17 bits per heavy atom. The number of aryl methyl sites for hydroxylation is 1. The van der Waals surface area contributed by atoms with E-state index in [4.69, 9.17) is 4.74 Å². The van der Waals surface area contributed by atoms with Crippen molar-refractivity contribution in [3.8, 4) is 0 Å². The molecule has 2 amide bonds. The molecule has 0 N–H and O–H groups in total. The van der Waals surface area contributed by atoms with Crippen LogP contribution in [0.1, 0.15) is 24.0 Å². The average Bonchev–Trinajstić information content (AvgIpc) is 3.09. The van der Waals surface area contributed by atoms with E-state index in [0.717, 1.165) is 18.4 Å². The van der Waals surface area contributed by atoms with Crippen molar-refractivity contribution >= 4 is 11.8 Å². The van der Waals surface area contributed by atoms with Crippen LogP contribution in [0.3, 0.4) is 0 Å². The summed E-state index contributed by atoms with van der Waals surface area (Å²) in [6, 6.07) is 8.05. The van der Waals surface area contributed by atoms with Gasteiger partial charge in [-0.1, -0.05) is 29.8 Å². The molecule has 0 aromatic heterocycles. The first kappa shape index (κ1) is 16.0. The summed E-state index contributed by atoms with van der Waals surface area (Å²) in [5.41, 5.74) is 2.22. The second kappa shape index (κ2) is 7.13. The summed E-state index contributed by atoms with van der Waals surface area (Å²) in [5, 5.41) is 0. The summed E-state index contributed by atoms with van der Waals surface area (Å²) in [6.45, 7) is 5.16. The van der Waals surface area contributed by atoms with Gasteiger partial charge in [-0.25, -0.2) is 0 Å². The monoisotopic (exact) mass is 316 g/mol. The quantitative estimate of drug-likeness (QED) is 0.847. The van der Waals surface area contributed by atoms with Crippen LogP contribution in [0.5, 0.6) is 0 Å². The van der Waals surface area contributed by atoms with Crippen molar-refractivity contribution in [3.05, 3.63) is 35.4 Å². The fourth-order valence-corrected chi connectivity index (χ4v) is 3.26. The van der Waals surface area contributed by atoms with Crippen molar-refractivity contribution < 1.29 is 14.3 Å². The lowest BCUT2D eigenvalue weighted by atomic mass is 10.1. The van der Waals surface area contributed by atoms with Crippen molar-refractivity contribution in [3.63, 3.8) is 0 Å². The van der Waals surface area contributed by atoms with Gasteiger partial charge < -0.3 is 14.5 Å². The van der Waals surface area contributed by atoms with E-state index in [1.165, 1.54) is 5.56 Å². The van der Waals surface area contributed by atoms with Gasteiger partial charge in [0.1, 0.15) is 6.10 Å². The third kappa shape index (κ3) is 3.91. The van der Waals surface area contributed by atoms with E-state index >= 15 is 0 Å². The van der Waals surface area contributed by atoms with E-state index in [-0.39, 0.29) is 17.9 Å². The molecule has 0 radical (unpaired) electrons. The van der Waals surface area contributed by atoms with Crippen LogP contribution in [0, 0.1) is 6.92 Å². The van der Waals surface area contributed by atoms with Crippen molar-refractivity contribution in [2.75, 3.05) is 32.8 Å². The van der Waals surface area contributed by atoms with Gasteiger partial charge >= 0.3 is 0 Å². The molecule has 0 unspecified atom stereocenters. The highest BCUT2D eigenvalue weighted by atomic mass is 16.5. The Morgan fingerprint density at radius 3 is 2.57 bits per heavy atom. The second-order valence-corrected chi connectivity index (χ2v) is 6.37. The molecule has 2 heterocycles. The molecule has 1 aromatic carbocycles. The lowest BCUT2D eigenvalue weighted by molar-refractivity contribution is -0.145. The summed E-state index contributed by atoms with van der Waals surface area (Å²) >= 11 is 0. The molecule has 124 valence electrons. The minimum Gasteiger partial charge on any atom is -0.368 e. The maximum atomic E-state index is 12.4. The fourth-order valence-electron chi connectivity index (χ4n) is 3.26. The molecule has 0 bridgehead atoms. The molecule has 2 aliphatic rings. The number of piperazine rings is 1. The van der Waals surface area contributed by atoms with Gasteiger partial charge in [0.2, 0.25) is 5.91 Å². The molecule has 0 spiro atoms. The highest BCUT2D eigenvalue weighted by Gasteiger charge is 2.31. The molecule has 5 nitrogen and oxygen atoms in total. The molecule has 2 saturated heterocycles. The van der Waals surface area contributed by atoms with Crippen LogP contribution in [0.4, 0.5) is 0 Å². The summed E-state index contributed by atoms with van der Waals surface area (Å²) in [6.07, 6.45) is 1.96. The first-order valence-electron chi connectivity index (χ1n) is 8.37. The smallest absolute Gasteiger partial charge is 0.251 e. The Bertz CT molecular complexity index is 573. The van der Waals surface area contributed by atoms with E-state index in [0.29, 0.717) is 39.2 Å². The average molecular weight is 316 g/mol. The zero-order valence-corrected chi connectivity index (χ0v) is 13.7. The molecular weight excluding hydrogens is 292 g/mol. The second-order valence-electron chi connectivity index (χ2n) is 6.37. The molecule has 1 atom stereocenters. The van der Waals surface area contributed by atoms with Crippen LogP contribution < -0.4 is 0 Å². The summed E-state index contributed by atoms with van der Waals surface area (Å²) in [4.78, 5) is 28.4. The predicted octanol–water partition coefficient (Wildman–Crippen LogP) is 1.39. The Morgan fingerprint density at radius 2 is 1.91 bits per heavy atom. The Kier molecular flexibility index (Phi) is 4.96. The normalized spacial score (nSPS) is 21.5. The molecule has 5 heteroatoms. The number of carbonyl (C=O) groups excluding carboxylic acids is 2. The Balaban J connectivity index is 1.50. The number of hydrogen-bond acceptors (Lipinski definition) is 3. The van der Waals surface area contributed by atoms with Gasteiger partial charge in [0.25, 0.3) is 5.91 Å². The molecule has 1 aromatic rings. The molecule has 0 saturated carbocycles. The van der Waals surface area contributed by atoms with Gasteiger partial charge in [0, 0.05) is 32.8 Å². The minimum absolute atomic E-state index is 0.0910. The van der Waals surface area contributed by atoms with Crippen molar-refractivity contribution in [2.24, 2.45) is 0 Å².